The molecule has 20 heavy (non-hydrogen) atoms. The van der Waals surface area contributed by atoms with E-state index in [2.05, 4.69) is 13.0 Å². The van der Waals surface area contributed by atoms with E-state index in [1.807, 2.05) is 4.90 Å². The predicted molar refractivity (Wildman–Crippen MR) is 76.5 cm³/mol. The summed E-state index contributed by atoms with van der Waals surface area (Å²) in [4.78, 5) is 1.99. The first kappa shape index (κ1) is 16.4. The van der Waals surface area contributed by atoms with Gasteiger partial charge in [-0.3, -0.25) is 4.90 Å². The van der Waals surface area contributed by atoms with Crippen molar-refractivity contribution in [3.05, 3.63) is 29.8 Å². The zero-order chi connectivity index (χ0) is 14.8. The summed E-state index contributed by atoms with van der Waals surface area (Å²) in [5.41, 5.74) is 0.459. The lowest BCUT2D eigenvalue weighted by molar-refractivity contribution is 0.0618. The number of benzene rings is 1. The average Bonchev–Trinajstić information content (AvgIpc) is 2.46. The number of rotatable bonds is 9. The first-order valence-corrected chi connectivity index (χ1v) is 6.84. The lowest BCUT2D eigenvalue weighted by atomic mass is 10.2. The van der Waals surface area contributed by atoms with Crippen molar-refractivity contribution in [3.8, 4) is 11.8 Å². The molecule has 2 N–H and O–H groups in total. The third-order valence-electron chi connectivity index (χ3n) is 2.86. The van der Waals surface area contributed by atoms with Crippen LogP contribution in [0.15, 0.2) is 24.3 Å². The van der Waals surface area contributed by atoms with Crippen molar-refractivity contribution < 1.29 is 14.9 Å². The number of hydrogen-bond acceptors (Lipinski definition) is 5. The van der Waals surface area contributed by atoms with Crippen molar-refractivity contribution in [1.82, 2.24) is 4.90 Å². The van der Waals surface area contributed by atoms with Gasteiger partial charge in [0, 0.05) is 13.1 Å². The summed E-state index contributed by atoms with van der Waals surface area (Å²) in [7, 11) is 0. The molecule has 0 aliphatic carbocycles. The van der Waals surface area contributed by atoms with Crippen LogP contribution >= 0.6 is 0 Å². The molecular weight excluding hydrogens is 256 g/mol. The Hall–Kier alpha value is -1.61. The standard InChI is InChI=1S/C15H22N2O3/c1-2-7-17(8-9-18)11-14(19)12-20-15-6-4-3-5-13(15)10-16/h3-6,14,18-19H,2,7-9,11-12H2,1H3. The van der Waals surface area contributed by atoms with E-state index in [1.165, 1.54) is 0 Å². The van der Waals surface area contributed by atoms with Gasteiger partial charge in [-0.05, 0) is 25.1 Å². The van der Waals surface area contributed by atoms with E-state index in [9.17, 15) is 5.11 Å². The van der Waals surface area contributed by atoms with Crippen LogP contribution in [0.2, 0.25) is 0 Å². The molecule has 0 aromatic heterocycles. The Labute approximate surface area is 120 Å². The van der Waals surface area contributed by atoms with Crippen LogP contribution in [0.4, 0.5) is 0 Å². The van der Waals surface area contributed by atoms with Crippen LogP contribution < -0.4 is 4.74 Å². The maximum Gasteiger partial charge on any atom is 0.137 e. The summed E-state index contributed by atoms with van der Waals surface area (Å²) >= 11 is 0. The molecule has 0 radical (unpaired) electrons. The van der Waals surface area contributed by atoms with Crippen LogP contribution in [0, 0.1) is 11.3 Å². The Morgan fingerprint density at radius 3 is 2.75 bits per heavy atom. The largest absolute Gasteiger partial charge is 0.489 e. The van der Waals surface area contributed by atoms with E-state index in [4.69, 9.17) is 15.1 Å². The molecule has 1 atom stereocenters. The van der Waals surface area contributed by atoms with Crippen LogP contribution in [-0.2, 0) is 0 Å². The normalized spacial score (nSPS) is 12.2. The first-order valence-electron chi connectivity index (χ1n) is 6.84. The smallest absolute Gasteiger partial charge is 0.137 e. The summed E-state index contributed by atoms with van der Waals surface area (Å²) in [5.74, 6) is 0.484. The molecule has 0 spiro atoms. The molecule has 0 aliphatic rings. The minimum absolute atomic E-state index is 0.0742. The molecule has 110 valence electrons. The van der Waals surface area contributed by atoms with Gasteiger partial charge in [-0.2, -0.15) is 5.26 Å². The highest BCUT2D eigenvalue weighted by molar-refractivity contribution is 5.42. The molecule has 0 bridgehead atoms. The van der Waals surface area contributed by atoms with Gasteiger partial charge in [0.25, 0.3) is 0 Å². The molecule has 1 aromatic carbocycles. The molecule has 0 fully saturated rings. The van der Waals surface area contributed by atoms with Gasteiger partial charge in [-0.1, -0.05) is 19.1 Å². The molecule has 1 unspecified atom stereocenters. The molecule has 5 nitrogen and oxygen atoms in total. The van der Waals surface area contributed by atoms with Gasteiger partial charge in [0.05, 0.1) is 12.2 Å². The number of aliphatic hydroxyl groups excluding tert-OH is 2. The zero-order valence-corrected chi connectivity index (χ0v) is 11.8. The third kappa shape index (κ3) is 5.57. The average molecular weight is 278 g/mol. The number of ether oxygens (including phenoxy) is 1. The summed E-state index contributed by atoms with van der Waals surface area (Å²) in [6, 6.07) is 9.00. The fourth-order valence-electron chi connectivity index (χ4n) is 1.97. The minimum Gasteiger partial charge on any atom is -0.489 e. The summed E-state index contributed by atoms with van der Waals surface area (Å²) in [6.07, 6.45) is 0.310. The van der Waals surface area contributed by atoms with Crippen molar-refractivity contribution in [1.29, 1.82) is 5.26 Å². The molecule has 1 rings (SSSR count). The molecule has 0 saturated heterocycles. The Bertz CT molecular complexity index is 425. The lowest BCUT2D eigenvalue weighted by Crippen LogP contribution is -2.37. The van der Waals surface area contributed by atoms with Gasteiger partial charge in [0.1, 0.15) is 24.5 Å². The van der Waals surface area contributed by atoms with Gasteiger partial charge >= 0.3 is 0 Å². The number of nitriles is 1. The van der Waals surface area contributed by atoms with Gasteiger partial charge in [0.2, 0.25) is 0 Å². The maximum absolute atomic E-state index is 9.97. The van der Waals surface area contributed by atoms with Gasteiger partial charge < -0.3 is 14.9 Å². The van der Waals surface area contributed by atoms with Crippen LogP contribution in [-0.4, -0.2) is 54.1 Å². The summed E-state index contributed by atoms with van der Waals surface area (Å²) < 4.78 is 5.49. The Morgan fingerprint density at radius 1 is 1.35 bits per heavy atom. The number of aliphatic hydroxyl groups is 2. The molecule has 0 aliphatic heterocycles. The highest BCUT2D eigenvalue weighted by Crippen LogP contribution is 2.16. The van der Waals surface area contributed by atoms with Crippen molar-refractivity contribution in [2.24, 2.45) is 0 Å². The Balaban J connectivity index is 2.46. The van der Waals surface area contributed by atoms with E-state index in [1.54, 1.807) is 24.3 Å². The van der Waals surface area contributed by atoms with Gasteiger partial charge in [-0.25, -0.2) is 0 Å². The molecule has 5 heteroatoms. The van der Waals surface area contributed by atoms with E-state index in [-0.39, 0.29) is 13.2 Å². The molecular formula is C15H22N2O3. The fraction of sp³-hybridized carbons (Fsp3) is 0.533. The fourth-order valence-corrected chi connectivity index (χ4v) is 1.97. The summed E-state index contributed by atoms with van der Waals surface area (Å²) in [6.45, 7) is 4.07. The molecule has 0 saturated carbocycles. The Kier molecular flexibility index (Phi) is 7.66. The zero-order valence-electron chi connectivity index (χ0n) is 11.8. The number of nitrogens with zero attached hydrogens (tertiary/aromatic N) is 2. The minimum atomic E-state index is -0.653. The van der Waals surface area contributed by atoms with E-state index in [0.717, 1.165) is 13.0 Å². The Morgan fingerprint density at radius 2 is 2.10 bits per heavy atom. The van der Waals surface area contributed by atoms with Gasteiger partial charge in [-0.15, -0.1) is 0 Å². The monoisotopic (exact) mass is 278 g/mol. The van der Waals surface area contributed by atoms with Gasteiger partial charge in [0.15, 0.2) is 0 Å². The predicted octanol–water partition coefficient (Wildman–Crippen LogP) is 1.00. The second kappa shape index (κ2) is 9.32. The van der Waals surface area contributed by atoms with Crippen LogP contribution in [0.5, 0.6) is 5.75 Å². The third-order valence-corrected chi connectivity index (χ3v) is 2.86. The van der Waals surface area contributed by atoms with Crippen LogP contribution in [0.3, 0.4) is 0 Å². The highest BCUT2D eigenvalue weighted by Gasteiger charge is 2.12. The SMILES string of the molecule is CCCN(CCO)CC(O)COc1ccccc1C#N. The van der Waals surface area contributed by atoms with Crippen molar-refractivity contribution in [2.45, 2.75) is 19.4 Å². The topological polar surface area (TPSA) is 76.7 Å². The second-order valence-corrected chi connectivity index (χ2v) is 4.60. The lowest BCUT2D eigenvalue weighted by Gasteiger charge is -2.23. The molecule has 1 aromatic rings. The van der Waals surface area contributed by atoms with E-state index < -0.39 is 6.10 Å². The summed E-state index contributed by atoms with van der Waals surface area (Å²) in [5, 5.41) is 27.9. The highest BCUT2D eigenvalue weighted by atomic mass is 16.5. The molecule has 0 amide bonds. The number of hydrogen-bond donors (Lipinski definition) is 2. The van der Waals surface area contributed by atoms with E-state index >= 15 is 0 Å². The van der Waals surface area contributed by atoms with Crippen LogP contribution in [0.25, 0.3) is 0 Å². The van der Waals surface area contributed by atoms with E-state index in [0.29, 0.717) is 24.4 Å². The van der Waals surface area contributed by atoms with Crippen molar-refractivity contribution >= 4 is 0 Å². The van der Waals surface area contributed by atoms with Crippen LogP contribution in [0.1, 0.15) is 18.9 Å². The van der Waals surface area contributed by atoms with Crippen molar-refractivity contribution in [3.63, 3.8) is 0 Å². The number of para-hydroxylation sites is 1. The quantitative estimate of drug-likeness (QED) is 0.705. The maximum atomic E-state index is 9.97. The second-order valence-electron chi connectivity index (χ2n) is 4.60. The first-order chi connectivity index (χ1) is 9.71. The molecule has 0 heterocycles. The van der Waals surface area contributed by atoms with Crippen molar-refractivity contribution in [2.75, 3.05) is 32.8 Å².